The molecule has 2 aromatic rings. The minimum atomic E-state index is 0.254. The molecule has 1 unspecified atom stereocenters. The van der Waals surface area contributed by atoms with Crippen molar-refractivity contribution in [1.29, 1.82) is 0 Å². The summed E-state index contributed by atoms with van der Waals surface area (Å²) in [6, 6.07) is 10.8. The van der Waals surface area contributed by atoms with Crippen LogP contribution in [0, 0.1) is 0 Å². The fourth-order valence-electron chi connectivity index (χ4n) is 2.67. The number of aliphatic hydroxyl groups is 1. The molecule has 4 heteroatoms. The summed E-state index contributed by atoms with van der Waals surface area (Å²) in [5.74, 6) is 0. The Morgan fingerprint density at radius 2 is 2.15 bits per heavy atom. The van der Waals surface area contributed by atoms with Gasteiger partial charge in [0.25, 0.3) is 0 Å². The summed E-state index contributed by atoms with van der Waals surface area (Å²) in [5, 5.41) is 13.6. The van der Waals surface area contributed by atoms with E-state index >= 15 is 0 Å². The molecule has 0 bridgehead atoms. The third-order valence-corrected chi connectivity index (χ3v) is 4.96. The number of aliphatic hydroxyl groups excluding tert-OH is 1. The first-order valence-corrected chi connectivity index (χ1v) is 8.09. The van der Waals surface area contributed by atoms with Gasteiger partial charge in [0, 0.05) is 23.1 Å². The highest BCUT2D eigenvalue weighted by Gasteiger charge is 2.24. The normalized spacial score (nSPS) is 17.9. The van der Waals surface area contributed by atoms with Crippen LogP contribution in [0.25, 0.3) is 10.6 Å². The van der Waals surface area contributed by atoms with E-state index in [2.05, 4.69) is 29.6 Å². The SMILES string of the molecule is OCCCNC1CCCc2nc(-c3ccccc3)sc21. The van der Waals surface area contributed by atoms with Crippen LogP contribution in [0.2, 0.25) is 0 Å². The van der Waals surface area contributed by atoms with Gasteiger partial charge in [-0.25, -0.2) is 4.98 Å². The number of fused-ring (bicyclic) bond motifs is 1. The molecular formula is C16H20N2OS. The van der Waals surface area contributed by atoms with Crippen LogP contribution in [0.5, 0.6) is 0 Å². The summed E-state index contributed by atoms with van der Waals surface area (Å²) in [7, 11) is 0. The number of rotatable bonds is 5. The zero-order valence-electron chi connectivity index (χ0n) is 11.5. The molecule has 1 aliphatic rings. The number of hydrogen-bond acceptors (Lipinski definition) is 4. The quantitative estimate of drug-likeness (QED) is 0.831. The highest BCUT2D eigenvalue weighted by atomic mass is 32.1. The maximum absolute atomic E-state index is 8.89. The number of hydrogen-bond donors (Lipinski definition) is 2. The number of aryl methyl sites for hydroxylation is 1. The molecule has 0 spiro atoms. The van der Waals surface area contributed by atoms with Gasteiger partial charge in [-0.05, 0) is 32.2 Å². The highest BCUT2D eigenvalue weighted by Crippen LogP contribution is 2.37. The van der Waals surface area contributed by atoms with E-state index in [-0.39, 0.29) is 6.61 Å². The second-order valence-electron chi connectivity index (χ2n) is 5.17. The first-order chi connectivity index (χ1) is 9.88. The molecule has 3 nitrogen and oxygen atoms in total. The largest absolute Gasteiger partial charge is 0.396 e. The van der Waals surface area contributed by atoms with Crippen LogP contribution in [-0.4, -0.2) is 23.2 Å². The van der Waals surface area contributed by atoms with Crippen molar-refractivity contribution >= 4 is 11.3 Å². The molecule has 2 N–H and O–H groups in total. The molecule has 0 fully saturated rings. The van der Waals surface area contributed by atoms with Crippen LogP contribution >= 0.6 is 11.3 Å². The third kappa shape index (κ3) is 2.92. The first-order valence-electron chi connectivity index (χ1n) is 7.28. The Kier molecular flexibility index (Phi) is 4.45. The Bertz CT molecular complexity index is 553. The van der Waals surface area contributed by atoms with Crippen molar-refractivity contribution in [2.75, 3.05) is 13.2 Å². The van der Waals surface area contributed by atoms with E-state index in [1.54, 1.807) is 0 Å². The molecule has 0 radical (unpaired) electrons. The molecule has 1 aromatic carbocycles. The number of aromatic nitrogens is 1. The number of nitrogens with one attached hydrogen (secondary N) is 1. The molecule has 0 saturated carbocycles. The summed E-state index contributed by atoms with van der Waals surface area (Å²) < 4.78 is 0. The fourth-order valence-corrected chi connectivity index (χ4v) is 3.90. The van der Waals surface area contributed by atoms with Gasteiger partial charge in [0.05, 0.1) is 5.69 Å². The number of benzene rings is 1. The van der Waals surface area contributed by atoms with E-state index in [0.29, 0.717) is 6.04 Å². The third-order valence-electron chi connectivity index (χ3n) is 3.70. The van der Waals surface area contributed by atoms with Gasteiger partial charge in [-0.2, -0.15) is 0 Å². The molecule has 0 amide bonds. The van der Waals surface area contributed by atoms with Crippen molar-refractivity contribution in [2.45, 2.75) is 31.7 Å². The van der Waals surface area contributed by atoms with Crippen molar-refractivity contribution in [1.82, 2.24) is 10.3 Å². The Hall–Kier alpha value is -1.23. The second-order valence-corrected chi connectivity index (χ2v) is 6.20. The lowest BCUT2D eigenvalue weighted by atomic mass is 9.98. The van der Waals surface area contributed by atoms with E-state index in [4.69, 9.17) is 10.1 Å². The molecule has 1 aromatic heterocycles. The average Bonchev–Trinajstić information content (AvgIpc) is 2.93. The zero-order valence-corrected chi connectivity index (χ0v) is 12.3. The minimum absolute atomic E-state index is 0.254. The standard InChI is InChI=1S/C16H20N2OS/c19-11-5-10-17-13-8-4-9-14-15(13)20-16(18-14)12-6-2-1-3-7-12/h1-3,6-7,13,17,19H,4-5,8-11H2. The summed E-state index contributed by atoms with van der Waals surface area (Å²) in [5.41, 5.74) is 2.47. The Labute approximate surface area is 123 Å². The smallest absolute Gasteiger partial charge is 0.123 e. The zero-order chi connectivity index (χ0) is 13.8. The molecule has 20 heavy (non-hydrogen) atoms. The van der Waals surface area contributed by atoms with Gasteiger partial charge in [0.15, 0.2) is 0 Å². The van der Waals surface area contributed by atoms with Gasteiger partial charge < -0.3 is 10.4 Å². The van der Waals surface area contributed by atoms with Crippen molar-refractivity contribution in [3.05, 3.63) is 40.9 Å². The Morgan fingerprint density at radius 3 is 2.95 bits per heavy atom. The van der Waals surface area contributed by atoms with E-state index in [0.717, 1.165) is 24.4 Å². The summed E-state index contributed by atoms with van der Waals surface area (Å²) in [6.07, 6.45) is 4.28. The molecule has 1 aliphatic carbocycles. The van der Waals surface area contributed by atoms with Gasteiger partial charge >= 0.3 is 0 Å². The van der Waals surface area contributed by atoms with Crippen molar-refractivity contribution in [2.24, 2.45) is 0 Å². The first kappa shape index (κ1) is 13.7. The average molecular weight is 288 g/mol. The molecule has 106 valence electrons. The second kappa shape index (κ2) is 6.48. The maximum atomic E-state index is 8.89. The summed E-state index contributed by atoms with van der Waals surface area (Å²) in [4.78, 5) is 6.22. The number of thiazole rings is 1. The lowest BCUT2D eigenvalue weighted by Gasteiger charge is -2.22. The lowest BCUT2D eigenvalue weighted by molar-refractivity contribution is 0.282. The Morgan fingerprint density at radius 1 is 1.30 bits per heavy atom. The topological polar surface area (TPSA) is 45.1 Å². The van der Waals surface area contributed by atoms with Crippen LogP contribution in [0.15, 0.2) is 30.3 Å². The minimum Gasteiger partial charge on any atom is -0.396 e. The van der Waals surface area contributed by atoms with Crippen LogP contribution < -0.4 is 5.32 Å². The van der Waals surface area contributed by atoms with E-state index in [1.807, 2.05) is 17.4 Å². The molecule has 0 aliphatic heterocycles. The Balaban J connectivity index is 1.81. The van der Waals surface area contributed by atoms with Crippen molar-refractivity contribution < 1.29 is 5.11 Å². The van der Waals surface area contributed by atoms with E-state index < -0.39 is 0 Å². The van der Waals surface area contributed by atoms with E-state index in [1.165, 1.54) is 29.0 Å². The van der Waals surface area contributed by atoms with Gasteiger partial charge in [-0.3, -0.25) is 0 Å². The van der Waals surface area contributed by atoms with Gasteiger partial charge in [-0.1, -0.05) is 30.3 Å². The van der Waals surface area contributed by atoms with Gasteiger partial charge in [0.2, 0.25) is 0 Å². The van der Waals surface area contributed by atoms with Crippen LogP contribution in [-0.2, 0) is 6.42 Å². The van der Waals surface area contributed by atoms with Gasteiger partial charge in [0.1, 0.15) is 5.01 Å². The molecule has 1 atom stereocenters. The van der Waals surface area contributed by atoms with Gasteiger partial charge in [-0.15, -0.1) is 11.3 Å². The lowest BCUT2D eigenvalue weighted by Crippen LogP contribution is -2.25. The van der Waals surface area contributed by atoms with Crippen LogP contribution in [0.1, 0.15) is 35.9 Å². The molecular weight excluding hydrogens is 268 g/mol. The molecule has 3 rings (SSSR count). The summed E-state index contributed by atoms with van der Waals surface area (Å²) >= 11 is 1.82. The van der Waals surface area contributed by atoms with Crippen molar-refractivity contribution in [3.63, 3.8) is 0 Å². The number of nitrogens with zero attached hydrogens (tertiary/aromatic N) is 1. The molecule has 1 heterocycles. The van der Waals surface area contributed by atoms with Crippen molar-refractivity contribution in [3.8, 4) is 10.6 Å². The molecule has 0 saturated heterocycles. The van der Waals surface area contributed by atoms with Crippen LogP contribution in [0.4, 0.5) is 0 Å². The summed E-state index contributed by atoms with van der Waals surface area (Å²) in [6.45, 7) is 1.13. The maximum Gasteiger partial charge on any atom is 0.123 e. The highest BCUT2D eigenvalue weighted by molar-refractivity contribution is 7.15. The van der Waals surface area contributed by atoms with E-state index in [9.17, 15) is 0 Å². The predicted molar refractivity (Wildman–Crippen MR) is 82.9 cm³/mol. The van der Waals surface area contributed by atoms with Crippen LogP contribution in [0.3, 0.4) is 0 Å². The predicted octanol–water partition coefficient (Wildman–Crippen LogP) is 3.16. The fraction of sp³-hybridized carbons (Fsp3) is 0.438. The monoisotopic (exact) mass is 288 g/mol.